The SMILES string of the molecule is O=[N+]([O-])c1cc(CNc2ccc3c(c2)OCO3)ccc1Cl. The Kier molecular flexibility index (Phi) is 3.53. The highest BCUT2D eigenvalue weighted by molar-refractivity contribution is 6.32. The van der Waals surface area contributed by atoms with Crippen LogP contribution in [0.25, 0.3) is 0 Å². The Hall–Kier alpha value is -2.47. The molecule has 0 spiro atoms. The molecule has 0 bridgehead atoms. The van der Waals surface area contributed by atoms with E-state index in [0.29, 0.717) is 18.0 Å². The van der Waals surface area contributed by atoms with Crippen molar-refractivity contribution in [3.63, 3.8) is 0 Å². The van der Waals surface area contributed by atoms with Gasteiger partial charge in [-0.05, 0) is 23.8 Å². The fraction of sp³-hybridized carbons (Fsp3) is 0.143. The minimum atomic E-state index is -0.494. The molecule has 0 aliphatic carbocycles. The number of ether oxygens (including phenoxy) is 2. The van der Waals surface area contributed by atoms with Crippen molar-refractivity contribution in [2.45, 2.75) is 6.54 Å². The number of fused-ring (bicyclic) bond motifs is 1. The number of nitrogens with one attached hydrogen (secondary N) is 1. The molecule has 0 fully saturated rings. The molecule has 0 saturated carbocycles. The smallest absolute Gasteiger partial charge is 0.288 e. The van der Waals surface area contributed by atoms with Crippen molar-refractivity contribution in [3.05, 3.63) is 57.1 Å². The molecule has 0 radical (unpaired) electrons. The van der Waals surface area contributed by atoms with Gasteiger partial charge in [0.25, 0.3) is 5.69 Å². The fourth-order valence-corrected chi connectivity index (χ4v) is 2.21. The summed E-state index contributed by atoms with van der Waals surface area (Å²) >= 11 is 5.78. The molecular formula is C14H11ClN2O4. The number of nitro groups is 1. The summed E-state index contributed by atoms with van der Waals surface area (Å²) in [7, 11) is 0. The predicted molar refractivity (Wildman–Crippen MR) is 78.0 cm³/mol. The van der Waals surface area contributed by atoms with Gasteiger partial charge in [-0.3, -0.25) is 10.1 Å². The van der Waals surface area contributed by atoms with Crippen LogP contribution in [0.3, 0.4) is 0 Å². The van der Waals surface area contributed by atoms with Crippen molar-refractivity contribution < 1.29 is 14.4 Å². The van der Waals surface area contributed by atoms with E-state index >= 15 is 0 Å². The molecule has 0 amide bonds. The van der Waals surface area contributed by atoms with Crippen LogP contribution in [0.5, 0.6) is 11.5 Å². The van der Waals surface area contributed by atoms with Crippen molar-refractivity contribution in [2.24, 2.45) is 0 Å². The van der Waals surface area contributed by atoms with Crippen LogP contribution in [0.2, 0.25) is 5.02 Å². The lowest BCUT2D eigenvalue weighted by Gasteiger charge is -2.07. The van der Waals surface area contributed by atoms with Crippen LogP contribution in [0.1, 0.15) is 5.56 Å². The molecule has 108 valence electrons. The maximum atomic E-state index is 10.8. The number of nitro benzene ring substituents is 1. The molecule has 3 rings (SSSR count). The number of hydrogen-bond acceptors (Lipinski definition) is 5. The highest BCUT2D eigenvalue weighted by atomic mass is 35.5. The third kappa shape index (κ3) is 2.85. The Morgan fingerprint density at radius 2 is 2.00 bits per heavy atom. The predicted octanol–water partition coefficient (Wildman–Crippen LogP) is 3.59. The maximum Gasteiger partial charge on any atom is 0.288 e. The monoisotopic (exact) mass is 306 g/mol. The first-order chi connectivity index (χ1) is 10.1. The number of benzene rings is 2. The minimum Gasteiger partial charge on any atom is -0.454 e. The van der Waals surface area contributed by atoms with Gasteiger partial charge < -0.3 is 14.8 Å². The van der Waals surface area contributed by atoms with E-state index in [2.05, 4.69) is 5.32 Å². The first-order valence-electron chi connectivity index (χ1n) is 6.20. The van der Waals surface area contributed by atoms with Crippen LogP contribution in [0, 0.1) is 10.1 Å². The average Bonchev–Trinajstić information content (AvgIpc) is 2.93. The van der Waals surface area contributed by atoms with E-state index in [4.69, 9.17) is 21.1 Å². The van der Waals surface area contributed by atoms with Crippen LogP contribution in [-0.4, -0.2) is 11.7 Å². The summed E-state index contributed by atoms with van der Waals surface area (Å²) in [5.74, 6) is 1.39. The Morgan fingerprint density at radius 1 is 1.19 bits per heavy atom. The first kappa shape index (κ1) is 13.5. The quantitative estimate of drug-likeness (QED) is 0.690. The Bertz CT molecular complexity index is 705. The minimum absolute atomic E-state index is 0.0957. The molecule has 1 N–H and O–H groups in total. The topological polar surface area (TPSA) is 73.6 Å². The zero-order valence-electron chi connectivity index (χ0n) is 10.8. The van der Waals surface area contributed by atoms with Gasteiger partial charge in [0.1, 0.15) is 5.02 Å². The van der Waals surface area contributed by atoms with Crippen molar-refractivity contribution in [2.75, 3.05) is 12.1 Å². The second-order valence-electron chi connectivity index (χ2n) is 4.46. The number of anilines is 1. The van der Waals surface area contributed by atoms with E-state index in [0.717, 1.165) is 11.3 Å². The van der Waals surface area contributed by atoms with E-state index in [1.807, 2.05) is 18.2 Å². The zero-order chi connectivity index (χ0) is 14.8. The highest BCUT2D eigenvalue weighted by Crippen LogP contribution is 2.34. The van der Waals surface area contributed by atoms with Crippen LogP contribution < -0.4 is 14.8 Å². The van der Waals surface area contributed by atoms with Crippen molar-refractivity contribution >= 4 is 23.0 Å². The molecule has 7 heteroatoms. The molecule has 6 nitrogen and oxygen atoms in total. The van der Waals surface area contributed by atoms with Crippen LogP contribution in [0.15, 0.2) is 36.4 Å². The molecular weight excluding hydrogens is 296 g/mol. The molecule has 0 aromatic heterocycles. The molecule has 0 atom stereocenters. The standard InChI is InChI=1S/C14H11ClN2O4/c15-11-3-1-9(5-12(11)17(18)19)7-16-10-2-4-13-14(6-10)21-8-20-13/h1-6,16H,7-8H2. The van der Waals surface area contributed by atoms with Crippen molar-refractivity contribution in [3.8, 4) is 11.5 Å². The number of hydrogen-bond donors (Lipinski definition) is 1. The fourth-order valence-electron chi connectivity index (χ4n) is 2.02. The molecule has 1 heterocycles. The van der Waals surface area contributed by atoms with Crippen molar-refractivity contribution in [1.82, 2.24) is 0 Å². The molecule has 1 aliphatic heterocycles. The lowest BCUT2D eigenvalue weighted by molar-refractivity contribution is -0.384. The van der Waals surface area contributed by atoms with Gasteiger partial charge in [0.2, 0.25) is 6.79 Å². The normalized spacial score (nSPS) is 12.2. The van der Waals surface area contributed by atoms with Gasteiger partial charge >= 0.3 is 0 Å². The van der Waals surface area contributed by atoms with Gasteiger partial charge in [-0.15, -0.1) is 0 Å². The van der Waals surface area contributed by atoms with Gasteiger partial charge in [-0.1, -0.05) is 17.7 Å². The summed E-state index contributed by atoms with van der Waals surface area (Å²) in [5.41, 5.74) is 1.52. The first-order valence-corrected chi connectivity index (χ1v) is 6.57. The number of halogens is 1. The van der Waals surface area contributed by atoms with E-state index in [9.17, 15) is 10.1 Å². The van der Waals surface area contributed by atoms with E-state index in [1.54, 1.807) is 6.07 Å². The second-order valence-corrected chi connectivity index (χ2v) is 4.87. The van der Waals surface area contributed by atoms with E-state index < -0.39 is 4.92 Å². The molecule has 2 aromatic rings. The third-order valence-electron chi connectivity index (χ3n) is 3.08. The van der Waals surface area contributed by atoms with E-state index in [-0.39, 0.29) is 17.5 Å². The molecule has 0 saturated heterocycles. The third-order valence-corrected chi connectivity index (χ3v) is 3.40. The molecule has 21 heavy (non-hydrogen) atoms. The maximum absolute atomic E-state index is 10.8. The van der Waals surface area contributed by atoms with Gasteiger partial charge in [-0.25, -0.2) is 0 Å². The van der Waals surface area contributed by atoms with Crippen LogP contribution >= 0.6 is 11.6 Å². The van der Waals surface area contributed by atoms with Crippen molar-refractivity contribution in [1.29, 1.82) is 0 Å². The zero-order valence-corrected chi connectivity index (χ0v) is 11.6. The van der Waals surface area contributed by atoms with E-state index in [1.165, 1.54) is 12.1 Å². The van der Waals surface area contributed by atoms with Crippen LogP contribution in [0.4, 0.5) is 11.4 Å². The summed E-state index contributed by atoms with van der Waals surface area (Å²) in [5, 5.41) is 14.2. The Morgan fingerprint density at radius 3 is 2.81 bits per heavy atom. The van der Waals surface area contributed by atoms with Gasteiger partial charge in [0.05, 0.1) is 4.92 Å². The molecule has 0 unspecified atom stereocenters. The number of nitrogens with zero attached hydrogens (tertiary/aromatic N) is 1. The van der Waals surface area contributed by atoms with Crippen LogP contribution in [-0.2, 0) is 6.54 Å². The highest BCUT2D eigenvalue weighted by Gasteiger charge is 2.14. The molecule has 2 aromatic carbocycles. The Balaban J connectivity index is 1.73. The van der Waals surface area contributed by atoms with Gasteiger partial charge in [0.15, 0.2) is 11.5 Å². The average molecular weight is 307 g/mol. The number of rotatable bonds is 4. The lowest BCUT2D eigenvalue weighted by atomic mass is 10.2. The summed E-state index contributed by atoms with van der Waals surface area (Å²) in [6, 6.07) is 10.2. The second kappa shape index (κ2) is 5.49. The summed E-state index contributed by atoms with van der Waals surface area (Å²) in [6.45, 7) is 0.666. The van der Waals surface area contributed by atoms with Gasteiger partial charge in [0, 0.05) is 24.4 Å². The van der Waals surface area contributed by atoms with Gasteiger partial charge in [-0.2, -0.15) is 0 Å². The summed E-state index contributed by atoms with van der Waals surface area (Å²) in [4.78, 5) is 10.4. The summed E-state index contributed by atoms with van der Waals surface area (Å²) < 4.78 is 10.5. The summed E-state index contributed by atoms with van der Waals surface area (Å²) in [6.07, 6.45) is 0. The lowest BCUT2D eigenvalue weighted by Crippen LogP contribution is -2.00. The molecule has 1 aliphatic rings. The largest absolute Gasteiger partial charge is 0.454 e. The Labute approximate surface area is 125 Å².